The molecule has 0 radical (unpaired) electrons. The van der Waals surface area contributed by atoms with Crippen molar-refractivity contribution < 1.29 is 14.7 Å². The largest absolute Gasteiger partial charge is 0.481 e. The number of carbonyl (C=O) groups is 2. The van der Waals surface area contributed by atoms with Gasteiger partial charge in [-0.2, -0.15) is 0 Å². The van der Waals surface area contributed by atoms with Crippen LogP contribution in [-0.2, 0) is 9.59 Å². The molecule has 4 N–H and O–H groups in total. The van der Waals surface area contributed by atoms with Crippen molar-refractivity contribution in [1.29, 1.82) is 0 Å². The van der Waals surface area contributed by atoms with Crippen LogP contribution < -0.4 is 11.1 Å². The third-order valence-corrected chi connectivity index (χ3v) is 1.26. The zero-order valence-electron chi connectivity index (χ0n) is 7.04. The highest BCUT2D eigenvalue weighted by Gasteiger charge is 2.09. The summed E-state index contributed by atoms with van der Waals surface area (Å²) in [6.07, 6.45) is 0.181. The summed E-state index contributed by atoms with van der Waals surface area (Å²) in [5.41, 5.74) is 5.13. The van der Waals surface area contributed by atoms with E-state index in [0.29, 0.717) is 0 Å². The fourth-order valence-electron chi connectivity index (χ4n) is 0.791. The average molecular weight is 174 g/mol. The van der Waals surface area contributed by atoms with Crippen LogP contribution in [0.4, 0.5) is 0 Å². The molecule has 0 aromatic carbocycles. The van der Waals surface area contributed by atoms with Crippen LogP contribution >= 0.6 is 0 Å². The number of nitrogens with two attached hydrogens (primary N) is 1. The van der Waals surface area contributed by atoms with Crippen molar-refractivity contribution in [2.24, 2.45) is 5.73 Å². The van der Waals surface area contributed by atoms with Crippen LogP contribution in [0.2, 0.25) is 0 Å². The molecule has 0 aliphatic carbocycles. The highest BCUT2D eigenvalue weighted by Crippen LogP contribution is 1.90. The standard InChI is InChI=1S/C7H14N2O3/c1-5(4-7(11)12)9-6(10)2-3-8/h5H,2-4,8H2,1H3,(H,9,10)(H,11,12). The maximum absolute atomic E-state index is 10.9. The number of carboxylic acid groups (broad SMARTS) is 1. The first-order valence-corrected chi connectivity index (χ1v) is 3.77. The number of amides is 1. The molecule has 0 bridgehead atoms. The summed E-state index contributed by atoms with van der Waals surface area (Å²) in [5, 5.41) is 10.9. The molecule has 0 aliphatic heterocycles. The molecule has 0 aliphatic rings. The molecule has 0 saturated carbocycles. The lowest BCUT2D eigenvalue weighted by molar-refractivity contribution is -0.137. The van der Waals surface area contributed by atoms with Gasteiger partial charge in [0.05, 0.1) is 6.42 Å². The Morgan fingerprint density at radius 1 is 1.58 bits per heavy atom. The van der Waals surface area contributed by atoms with Gasteiger partial charge in [-0.3, -0.25) is 9.59 Å². The van der Waals surface area contributed by atoms with E-state index < -0.39 is 5.97 Å². The molecule has 0 spiro atoms. The quantitative estimate of drug-likeness (QED) is 0.514. The van der Waals surface area contributed by atoms with Gasteiger partial charge in [0, 0.05) is 19.0 Å². The molecular weight excluding hydrogens is 160 g/mol. The molecule has 0 heterocycles. The monoisotopic (exact) mass is 174 g/mol. The van der Waals surface area contributed by atoms with Gasteiger partial charge in [0.2, 0.25) is 5.91 Å². The van der Waals surface area contributed by atoms with E-state index >= 15 is 0 Å². The third kappa shape index (κ3) is 5.67. The number of carboxylic acids is 1. The number of rotatable bonds is 5. The molecule has 1 amide bonds. The van der Waals surface area contributed by atoms with E-state index in [4.69, 9.17) is 10.8 Å². The minimum atomic E-state index is -0.921. The van der Waals surface area contributed by atoms with Crippen molar-refractivity contribution in [2.45, 2.75) is 25.8 Å². The molecule has 0 aromatic rings. The lowest BCUT2D eigenvalue weighted by Crippen LogP contribution is -2.35. The van der Waals surface area contributed by atoms with Crippen LogP contribution in [0.25, 0.3) is 0 Å². The first-order valence-electron chi connectivity index (χ1n) is 3.77. The fraction of sp³-hybridized carbons (Fsp3) is 0.714. The van der Waals surface area contributed by atoms with Crippen LogP contribution in [0.15, 0.2) is 0 Å². The van der Waals surface area contributed by atoms with E-state index in [9.17, 15) is 9.59 Å². The summed E-state index contributed by atoms with van der Waals surface area (Å²) >= 11 is 0. The van der Waals surface area contributed by atoms with Crippen molar-refractivity contribution in [2.75, 3.05) is 6.54 Å². The van der Waals surface area contributed by atoms with Gasteiger partial charge in [0.25, 0.3) is 0 Å². The van der Waals surface area contributed by atoms with Gasteiger partial charge >= 0.3 is 5.97 Å². The van der Waals surface area contributed by atoms with Crippen LogP contribution in [0, 0.1) is 0 Å². The van der Waals surface area contributed by atoms with E-state index in [1.165, 1.54) is 0 Å². The van der Waals surface area contributed by atoms with E-state index in [0.717, 1.165) is 0 Å². The maximum Gasteiger partial charge on any atom is 0.305 e. The maximum atomic E-state index is 10.9. The lowest BCUT2D eigenvalue weighted by Gasteiger charge is -2.10. The number of hydrogen-bond donors (Lipinski definition) is 3. The van der Waals surface area contributed by atoms with Crippen LogP contribution in [-0.4, -0.2) is 29.6 Å². The predicted molar refractivity (Wildman–Crippen MR) is 43.5 cm³/mol. The molecule has 0 fully saturated rings. The van der Waals surface area contributed by atoms with Gasteiger partial charge in [0.1, 0.15) is 0 Å². The summed E-state index contributed by atoms with van der Waals surface area (Å²) in [6.45, 7) is 1.92. The van der Waals surface area contributed by atoms with Gasteiger partial charge in [-0.15, -0.1) is 0 Å². The van der Waals surface area contributed by atoms with Gasteiger partial charge in [-0.05, 0) is 6.92 Å². The Hall–Kier alpha value is -1.10. The molecule has 5 heteroatoms. The van der Waals surface area contributed by atoms with Crippen molar-refractivity contribution in [3.63, 3.8) is 0 Å². The normalized spacial score (nSPS) is 12.2. The smallest absolute Gasteiger partial charge is 0.305 e. The van der Waals surface area contributed by atoms with E-state index in [2.05, 4.69) is 5.32 Å². The SMILES string of the molecule is CC(CC(=O)O)NC(=O)CCN. The Bertz CT molecular complexity index is 170. The number of nitrogens with one attached hydrogen (secondary N) is 1. The molecule has 0 aromatic heterocycles. The summed E-state index contributed by atoms with van der Waals surface area (Å²) in [6, 6.07) is -0.332. The summed E-state index contributed by atoms with van der Waals surface area (Å²) in [7, 11) is 0. The second kappa shape index (κ2) is 5.54. The molecule has 1 atom stereocenters. The molecule has 0 saturated heterocycles. The Balaban J connectivity index is 3.61. The number of hydrogen-bond acceptors (Lipinski definition) is 3. The first kappa shape index (κ1) is 10.9. The van der Waals surface area contributed by atoms with Gasteiger partial charge in [0.15, 0.2) is 0 Å². The molecular formula is C7H14N2O3. The molecule has 0 rings (SSSR count). The zero-order valence-corrected chi connectivity index (χ0v) is 7.04. The molecule has 12 heavy (non-hydrogen) atoms. The second-order valence-electron chi connectivity index (χ2n) is 2.61. The summed E-state index contributed by atoms with van der Waals surface area (Å²) in [5.74, 6) is -1.12. The molecule has 5 nitrogen and oxygen atoms in total. The van der Waals surface area contributed by atoms with E-state index in [1.54, 1.807) is 6.92 Å². The second-order valence-corrected chi connectivity index (χ2v) is 2.61. The topological polar surface area (TPSA) is 92.4 Å². The van der Waals surface area contributed by atoms with E-state index in [-0.39, 0.29) is 31.3 Å². The van der Waals surface area contributed by atoms with Gasteiger partial charge in [-0.1, -0.05) is 0 Å². The Morgan fingerprint density at radius 2 is 2.17 bits per heavy atom. The Labute approximate surface area is 70.9 Å². The Kier molecular flexibility index (Phi) is 5.03. The highest BCUT2D eigenvalue weighted by molar-refractivity contribution is 5.77. The first-order chi connectivity index (χ1) is 5.56. The number of aliphatic carboxylic acids is 1. The van der Waals surface area contributed by atoms with Crippen molar-refractivity contribution in [1.82, 2.24) is 5.32 Å². The predicted octanol–water partition coefficient (Wildman–Crippen LogP) is -0.685. The Morgan fingerprint density at radius 3 is 2.58 bits per heavy atom. The average Bonchev–Trinajstić information content (AvgIpc) is 1.84. The van der Waals surface area contributed by atoms with Gasteiger partial charge in [-0.25, -0.2) is 0 Å². The van der Waals surface area contributed by atoms with Gasteiger partial charge < -0.3 is 16.2 Å². The van der Waals surface area contributed by atoms with Crippen molar-refractivity contribution in [3.05, 3.63) is 0 Å². The molecule has 70 valence electrons. The minimum absolute atomic E-state index is 0.0592. The van der Waals surface area contributed by atoms with Crippen LogP contribution in [0.3, 0.4) is 0 Å². The summed E-state index contributed by atoms with van der Waals surface area (Å²) in [4.78, 5) is 21.0. The minimum Gasteiger partial charge on any atom is -0.481 e. The van der Waals surface area contributed by atoms with Crippen LogP contribution in [0.5, 0.6) is 0 Å². The third-order valence-electron chi connectivity index (χ3n) is 1.26. The number of carbonyl (C=O) groups excluding carboxylic acids is 1. The van der Waals surface area contributed by atoms with Crippen molar-refractivity contribution in [3.8, 4) is 0 Å². The zero-order chi connectivity index (χ0) is 9.56. The molecule has 1 unspecified atom stereocenters. The highest BCUT2D eigenvalue weighted by atomic mass is 16.4. The van der Waals surface area contributed by atoms with E-state index in [1.807, 2.05) is 0 Å². The fourth-order valence-corrected chi connectivity index (χ4v) is 0.791. The van der Waals surface area contributed by atoms with Crippen molar-refractivity contribution >= 4 is 11.9 Å². The lowest BCUT2D eigenvalue weighted by atomic mass is 10.2. The van der Waals surface area contributed by atoms with Crippen LogP contribution in [0.1, 0.15) is 19.8 Å². The summed E-state index contributed by atoms with van der Waals surface area (Å²) < 4.78 is 0.